The van der Waals surface area contributed by atoms with Crippen LogP contribution in [0.2, 0.25) is 0 Å². The molecule has 2 aromatic heterocycles. The number of nitrogens with zero attached hydrogens (tertiary/aromatic N) is 2. The predicted octanol–water partition coefficient (Wildman–Crippen LogP) is 5.26. The number of aryl methyl sites for hydroxylation is 1. The third kappa shape index (κ3) is 4.12. The summed E-state index contributed by atoms with van der Waals surface area (Å²) in [4.78, 5) is 4.37. The van der Waals surface area contributed by atoms with Crippen LogP contribution in [0.5, 0.6) is 11.8 Å². The smallest absolute Gasteiger partial charge is 0.302 e. The maximum atomic E-state index is 13.0. The lowest BCUT2D eigenvalue weighted by Gasteiger charge is -2.16. The number of fused-ring (bicyclic) bond motifs is 1. The van der Waals surface area contributed by atoms with Crippen molar-refractivity contribution >= 4 is 31.4 Å². The lowest BCUT2D eigenvalue weighted by Crippen LogP contribution is -2.27. The van der Waals surface area contributed by atoms with Crippen LogP contribution in [0.4, 0.5) is 0 Å². The van der Waals surface area contributed by atoms with Crippen molar-refractivity contribution in [3.63, 3.8) is 0 Å². The summed E-state index contributed by atoms with van der Waals surface area (Å²) in [5.41, 5.74) is 1.88. The van der Waals surface area contributed by atoms with E-state index in [4.69, 9.17) is 4.74 Å². The minimum atomic E-state index is -3.66. The average Bonchev–Trinajstić information content (AvgIpc) is 3.33. The van der Waals surface area contributed by atoms with Crippen molar-refractivity contribution in [1.29, 1.82) is 0 Å². The topological polar surface area (TPSA) is 73.2 Å². The van der Waals surface area contributed by atoms with Crippen molar-refractivity contribution < 1.29 is 13.2 Å². The molecule has 0 radical (unpaired) electrons. The zero-order valence-corrected chi connectivity index (χ0v) is 18.6. The number of imidazole rings is 1. The molecular formula is C22H23N3O3S2. The first-order chi connectivity index (χ1) is 14.4. The third-order valence-electron chi connectivity index (χ3n) is 4.84. The Bertz CT molecular complexity index is 1240. The summed E-state index contributed by atoms with van der Waals surface area (Å²) in [6.45, 7) is 6.40. The van der Waals surface area contributed by atoms with Crippen LogP contribution in [-0.2, 0) is 16.6 Å². The van der Waals surface area contributed by atoms with Gasteiger partial charge in [-0.25, -0.2) is 18.1 Å². The van der Waals surface area contributed by atoms with Crippen molar-refractivity contribution in [2.75, 3.05) is 0 Å². The van der Waals surface area contributed by atoms with Crippen LogP contribution in [-0.4, -0.2) is 18.0 Å². The van der Waals surface area contributed by atoms with E-state index in [9.17, 15) is 8.42 Å². The van der Waals surface area contributed by atoms with Crippen LogP contribution in [0.3, 0.4) is 0 Å². The average molecular weight is 442 g/mol. The van der Waals surface area contributed by atoms with E-state index in [0.717, 1.165) is 21.3 Å². The van der Waals surface area contributed by atoms with Gasteiger partial charge in [0, 0.05) is 11.2 Å². The molecule has 0 aliphatic rings. The second-order valence-electron chi connectivity index (χ2n) is 7.07. The van der Waals surface area contributed by atoms with Gasteiger partial charge in [-0.3, -0.25) is 4.57 Å². The molecule has 1 atom stereocenters. The number of thiophene rings is 1. The lowest BCUT2D eigenvalue weighted by molar-refractivity contribution is 0.408. The van der Waals surface area contributed by atoms with Crippen molar-refractivity contribution in [1.82, 2.24) is 14.3 Å². The summed E-state index contributed by atoms with van der Waals surface area (Å²) < 4.78 is 37.7. The number of hydrogen-bond acceptors (Lipinski definition) is 5. The van der Waals surface area contributed by atoms with Gasteiger partial charge in [-0.2, -0.15) is 0 Å². The summed E-state index contributed by atoms with van der Waals surface area (Å²) >= 11 is 1.26. The van der Waals surface area contributed by atoms with Gasteiger partial charge in [0.15, 0.2) is 0 Å². The maximum Gasteiger partial charge on any atom is 0.302 e. The number of ether oxygens (including phenoxy) is 1. The van der Waals surface area contributed by atoms with Gasteiger partial charge < -0.3 is 4.74 Å². The zero-order chi connectivity index (χ0) is 21.3. The summed E-state index contributed by atoms with van der Waals surface area (Å²) in [5, 5.41) is 0.919. The second kappa shape index (κ2) is 8.22. The number of benzene rings is 2. The first-order valence-electron chi connectivity index (χ1n) is 9.68. The van der Waals surface area contributed by atoms with Crippen LogP contribution in [0.1, 0.15) is 31.1 Å². The van der Waals surface area contributed by atoms with Gasteiger partial charge in [0.2, 0.25) is 0 Å². The molecule has 6 nitrogen and oxygen atoms in total. The van der Waals surface area contributed by atoms with Gasteiger partial charge >= 0.3 is 6.01 Å². The van der Waals surface area contributed by atoms with E-state index in [1.165, 1.54) is 11.3 Å². The van der Waals surface area contributed by atoms with E-state index in [2.05, 4.69) is 9.71 Å². The van der Waals surface area contributed by atoms with Crippen LogP contribution >= 0.6 is 11.3 Å². The molecule has 1 unspecified atom stereocenters. The molecule has 30 heavy (non-hydrogen) atoms. The largest absolute Gasteiger partial charge is 0.426 e. The van der Waals surface area contributed by atoms with Gasteiger partial charge in [0.25, 0.3) is 10.0 Å². The number of aromatic nitrogens is 2. The van der Waals surface area contributed by atoms with Crippen molar-refractivity contribution in [3.8, 4) is 11.8 Å². The molecule has 0 saturated heterocycles. The van der Waals surface area contributed by atoms with E-state index in [1.807, 2.05) is 73.9 Å². The summed E-state index contributed by atoms with van der Waals surface area (Å²) in [7, 11) is -3.66. The van der Waals surface area contributed by atoms with Crippen molar-refractivity contribution in [2.24, 2.45) is 0 Å². The predicted molar refractivity (Wildman–Crippen MR) is 120 cm³/mol. The Hall–Kier alpha value is -2.68. The molecule has 4 aromatic rings. The van der Waals surface area contributed by atoms with Crippen LogP contribution in [0.15, 0.2) is 65.0 Å². The Morgan fingerprint density at radius 1 is 1.17 bits per heavy atom. The first kappa shape index (κ1) is 20.6. The first-order valence-corrected chi connectivity index (χ1v) is 12.0. The Balaban J connectivity index is 1.57. The van der Waals surface area contributed by atoms with Gasteiger partial charge in [0.1, 0.15) is 9.96 Å². The molecule has 0 bridgehead atoms. The van der Waals surface area contributed by atoms with Gasteiger partial charge in [-0.15, -0.1) is 11.3 Å². The molecule has 0 saturated carbocycles. The summed E-state index contributed by atoms with van der Waals surface area (Å²) in [6.07, 6.45) is 1.66. The van der Waals surface area contributed by atoms with E-state index in [-0.39, 0.29) is 0 Å². The van der Waals surface area contributed by atoms with Gasteiger partial charge in [-0.05, 0) is 50.4 Å². The van der Waals surface area contributed by atoms with Gasteiger partial charge in [-0.1, -0.05) is 35.9 Å². The van der Waals surface area contributed by atoms with Crippen molar-refractivity contribution in [3.05, 3.63) is 72.1 Å². The molecule has 8 heteroatoms. The van der Waals surface area contributed by atoms with E-state index >= 15 is 0 Å². The Labute approximate surface area is 180 Å². The molecule has 2 aromatic carbocycles. The number of sulfonamides is 1. The van der Waals surface area contributed by atoms with Crippen LogP contribution in [0, 0.1) is 6.92 Å². The molecule has 1 N–H and O–H groups in total. The second-order valence-corrected chi connectivity index (χ2v) is 10.1. The van der Waals surface area contributed by atoms with Crippen LogP contribution < -0.4 is 9.46 Å². The summed E-state index contributed by atoms with van der Waals surface area (Å²) in [5.74, 6) is 0.686. The monoisotopic (exact) mass is 441 g/mol. The molecule has 0 spiro atoms. The quantitative estimate of drug-likeness (QED) is 0.425. The highest BCUT2D eigenvalue weighted by Crippen LogP contribution is 2.30. The van der Waals surface area contributed by atoms with Crippen LogP contribution in [0.25, 0.3) is 10.1 Å². The highest BCUT2D eigenvalue weighted by atomic mass is 32.2. The number of hydrogen-bond donors (Lipinski definition) is 1. The Kier molecular flexibility index (Phi) is 5.64. The molecule has 4 rings (SSSR count). The standard InChI is InChI=1S/C22H23N3O3S2/c1-4-25-19(14-23-22(25)28-18-11-9-15(2)10-12-18)16(3)24-30(26,27)21-13-17-7-5-6-8-20(17)29-21/h5-14,16,24H,4H2,1-3H3. The highest BCUT2D eigenvalue weighted by molar-refractivity contribution is 7.91. The molecule has 2 heterocycles. The third-order valence-corrected chi connectivity index (χ3v) is 7.97. The molecule has 0 fully saturated rings. The Morgan fingerprint density at radius 2 is 1.90 bits per heavy atom. The molecule has 0 amide bonds. The number of rotatable bonds is 7. The molecular weight excluding hydrogens is 418 g/mol. The maximum absolute atomic E-state index is 13.0. The molecule has 156 valence electrons. The molecule has 0 aliphatic carbocycles. The minimum Gasteiger partial charge on any atom is -0.426 e. The lowest BCUT2D eigenvalue weighted by atomic mass is 10.2. The summed E-state index contributed by atoms with van der Waals surface area (Å²) in [6, 6.07) is 17.0. The van der Waals surface area contributed by atoms with Gasteiger partial charge in [0.05, 0.1) is 17.9 Å². The molecule has 0 aliphatic heterocycles. The fraction of sp³-hybridized carbons (Fsp3) is 0.227. The Morgan fingerprint density at radius 3 is 2.60 bits per heavy atom. The fourth-order valence-corrected chi connectivity index (χ4v) is 5.90. The number of nitrogens with one attached hydrogen (secondary N) is 1. The van der Waals surface area contributed by atoms with E-state index < -0.39 is 16.1 Å². The van der Waals surface area contributed by atoms with E-state index in [1.54, 1.807) is 12.3 Å². The van der Waals surface area contributed by atoms with E-state index in [0.29, 0.717) is 22.5 Å². The fourth-order valence-electron chi connectivity index (χ4n) is 3.27. The SMILES string of the molecule is CCn1c(C(C)NS(=O)(=O)c2cc3ccccc3s2)cnc1Oc1ccc(C)cc1. The van der Waals surface area contributed by atoms with Crippen molar-refractivity contribution in [2.45, 2.75) is 37.6 Å². The normalized spacial score (nSPS) is 12.9. The minimum absolute atomic E-state index is 0.300. The zero-order valence-electron chi connectivity index (χ0n) is 17.0. The highest BCUT2D eigenvalue weighted by Gasteiger charge is 2.24.